The summed E-state index contributed by atoms with van der Waals surface area (Å²) < 4.78 is 1.14. The number of quaternary nitrogens is 1. The van der Waals surface area contributed by atoms with Gasteiger partial charge in [0.2, 0.25) is 0 Å². The lowest BCUT2D eigenvalue weighted by atomic mass is 9.96. The summed E-state index contributed by atoms with van der Waals surface area (Å²) in [5, 5.41) is 0. The molecule has 1 aromatic rings. The minimum atomic E-state index is 0.626. The van der Waals surface area contributed by atoms with Crippen molar-refractivity contribution in [1.29, 1.82) is 0 Å². The molecule has 0 radical (unpaired) electrons. The summed E-state index contributed by atoms with van der Waals surface area (Å²) in [7, 11) is 4.99. The molecule has 0 heterocycles. The average Bonchev–Trinajstić information content (AvgIpc) is 3.06. The molecule has 1 rings (SSSR count). The maximum absolute atomic E-state index is 2.50. The van der Waals surface area contributed by atoms with Crippen LogP contribution in [0.1, 0.15) is 212 Å². The number of benzene rings is 1. The van der Waals surface area contributed by atoms with Crippen molar-refractivity contribution in [3.63, 3.8) is 0 Å². The van der Waals surface area contributed by atoms with Gasteiger partial charge in [-0.25, -0.2) is 0 Å². The fourth-order valence-corrected chi connectivity index (χ4v) is 7.10. The Morgan fingerprint density at radius 1 is 0.435 bits per heavy atom. The molecule has 0 aliphatic carbocycles. The summed E-state index contributed by atoms with van der Waals surface area (Å²) in [6.45, 7) is 5.89. The standard InChI is InChI=1S/C45H82N/c1-5-7-9-11-13-15-17-19-21-23-25-27-29-31-33-38-42-45(44-40-36-35-37-41-44)46(3,4)43-39-34-32-30-28-26-24-22-20-18-16-14-12-10-8-6-2/h19-22,35-37,40-41,45H,5-18,23-34,38-39,42-43H2,1-4H3/q+1. The van der Waals surface area contributed by atoms with Crippen LogP contribution >= 0.6 is 0 Å². The first-order valence-electron chi connectivity index (χ1n) is 20.8. The SMILES string of the molecule is CCCCCCCCC=CCCCCCCCCC(c1ccccc1)[N+](C)(C)CCCCCCCCC=CCCCCCCCC. The van der Waals surface area contributed by atoms with E-state index in [1.807, 2.05) is 0 Å². The first-order chi connectivity index (χ1) is 22.6. The summed E-state index contributed by atoms with van der Waals surface area (Å²) in [4.78, 5) is 0. The smallest absolute Gasteiger partial charge is 0.114 e. The highest BCUT2D eigenvalue weighted by molar-refractivity contribution is 5.17. The van der Waals surface area contributed by atoms with Crippen LogP contribution in [-0.4, -0.2) is 25.1 Å². The van der Waals surface area contributed by atoms with Gasteiger partial charge in [-0.05, 0) is 70.6 Å². The molecule has 1 atom stereocenters. The van der Waals surface area contributed by atoms with Crippen molar-refractivity contribution in [2.24, 2.45) is 0 Å². The van der Waals surface area contributed by atoms with Crippen LogP contribution in [0.2, 0.25) is 0 Å². The van der Waals surface area contributed by atoms with Gasteiger partial charge in [0.05, 0.1) is 20.6 Å². The first-order valence-corrected chi connectivity index (χ1v) is 20.8. The van der Waals surface area contributed by atoms with Gasteiger partial charge in [0.1, 0.15) is 6.04 Å². The molecule has 1 aromatic carbocycles. The normalized spacial score (nSPS) is 13.0. The molecule has 0 spiro atoms. The molecular formula is C45H82N+. The summed E-state index contributed by atoms with van der Waals surface area (Å²) in [6.07, 6.45) is 49.9. The second-order valence-corrected chi connectivity index (χ2v) is 15.1. The molecule has 1 unspecified atom stereocenters. The van der Waals surface area contributed by atoms with E-state index in [2.05, 4.69) is 82.6 Å². The highest BCUT2D eigenvalue weighted by Gasteiger charge is 2.28. The molecule has 0 saturated heterocycles. The van der Waals surface area contributed by atoms with E-state index in [1.165, 1.54) is 193 Å². The second-order valence-electron chi connectivity index (χ2n) is 15.1. The number of rotatable bonds is 34. The van der Waals surface area contributed by atoms with Gasteiger partial charge in [-0.3, -0.25) is 0 Å². The molecular weight excluding hydrogens is 555 g/mol. The minimum absolute atomic E-state index is 0.626. The Hall–Kier alpha value is -1.34. The van der Waals surface area contributed by atoms with Crippen molar-refractivity contribution >= 4 is 0 Å². The second kappa shape index (κ2) is 32.2. The van der Waals surface area contributed by atoms with Crippen LogP contribution in [0.4, 0.5) is 0 Å². The Kier molecular flexibility index (Phi) is 29.9. The van der Waals surface area contributed by atoms with E-state index in [0.717, 1.165) is 4.48 Å². The lowest BCUT2D eigenvalue weighted by Gasteiger charge is -2.39. The number of nitrogens with zero attached hydrogens (tertiary/aromatic N) is 1. The summed E-state index contributed by atoms with van der Waals surface area (Å²) in [6, 6.07) is 12.1. The van der Waals surface area contributed by atoms with Crippen molar-refractivity contribution in [2.75, 3.05) is 20.6 Å². The van der Waals surface area contributed by atoms with Crippen molar-refractivity contribution in [3.05, 3.63) is 60.2 Å². The maximum atomic E-state index is 2.50. The third-order valence-corrected chi connectivity index (χ3v) is 10.3. The molecule has 0 aromatic heterocycles. The van der Waals surface area contributed by atoms with Gasteiger partial charge >= 0.3 is 0 Å². The highest BCUT2D eigenvalue weighted by Crippen LogP contribution is 2.31. The quantitative estimate of drug-likeness (QED) is 0.0401. The minimum Gasteiger partial charge on any atom is -0.322 e. The first kappa shape index (κ1) is 42.7. The lowest BCUT2D eigenvalue weighted by molar-refractivity contribution is -0.921. The molecule has 266 valence electrons. The number of hydrogen-bond donors (Lipinski definition) is 0. The zero-order chi connectivity index (χ0) is 33.2. The van der Waals surface area contributed by atoms with E-state index in [1.54, 1.807) is 5.56 Å². The van der Waals surface area contributed by atoms with Crippen LogP contribution in [-0.2, 0) is 0 Å². The summed E-state index contributed by atoms with van der Waals surface area (Å²) in [5.41, 5.74) is 1.55. The Balaban J connectivity index is 2.14. The highest BCUT2D eigenvalue weighted by atomic mass is 15.3. The van der Waals surface area contributed by atoms with E-state index < -0.39 is 0 Å². The van der Waals surface area contributed by atoms with Crippen molar-refractivity contribution < 1.29 is 4.48 Å². The van der Waals surface area contributed by atoms with Crippen LogP contribution in [0.5, 0.6) is 0 Å². The van der Waals surface area contributed by atoms with Gasteiger partial charge in [0.15, 0.2) is 0 Å². The summed E-state index contributed by atoms with van der Waals surface area (Å²) in [5.74, 6) is 0. The van der Waals surface area contributed by atoms with Crippen LogP contribution in [0.25, 0.3) is 0 Å². The molecule has 0 aliphatic heterocycles. The molecule has 0 fully saturated rings. The molecule has 0 aliphatic rings. The largest absolute Gasteiger partial charge is 0.322 e. The van der Waals surface area contributed by atoms with E-state index in [-0.39, 0.29) is 0 Å². The van der Waals surface area contributed by atoms with Crippen molar-refractivity contribution in [3.8, 4) is 0 Å². The average molecular weight is 637 g/mol. The number of allylic oxidation sites excluding steroid dienone is 4. The Bertz CT molecular complexity index is 790. The number of hydrogen-bond acceptors (Lipinski definition) is 0. The van der Waals surface area contributed by atoms with Gasteiger partial charge in [-0.2, -0.15) is 0 Å². The third-order valence-electron chi connectivity index (χ3n) is 10.3. The van der Waals surface area contributed by atoms with Gasteiger partial charge in [0.25, 0.3) is 0 Å². The van der Waals surface area contributed by atoms with Gasteiger partial charge in [-0.1, -0.05) is 178 Å². The topological polar surface area (TPSA) is 0 Å². The van der Waals surface area contributed by atoms with Crippen LogP contribution < -0.4 is 0 Å². The van der Waals surface area contributed by atoms with E-state index in [4.69, 9.17) is 0 Å². The monoisotopic (exact) mass is 637 g/mol. The number of unbranched alkanes of at least 4 members (excludes halogenated alkanes) is 24. The van der Waals surface area contributed by atoms with Gasteiger partial charge < -0.3 is 4.48 Å². The van der Waals surface area contributed by atoms with E-state index >= 15 is 0 Å². The Morgan fingerprint density at radius 2 is 0.783 bits per heavy atom. The molecule has 0 bridgehead atoms. The van der Waals surface area contributed by atoms with Crippen LogP contribution in [0, 0.1) is 0 Å². The maximum Gasteiger partial charge on any atom is 0.114 e. The van der Waals surface area contributed by atoms with E-state index in [9.17, 15) is 0 Å². The van der Waals surface area contributed by atoms with Gasteiger partial charge in [0, 0.05) is 12.0 Å². The molecule has 1 heteroatoms. The lowest BCUT2D eigenvalue weighted by Crippen LogP contribution is -2.44. The van der Waals surface area contributed by atoms with Crippen molar-refractivity contribution in [1.82, 2.24) is 0 Å². The zero-order valence-electron chi connectivity index (χ0n) is 31.9. The van der Waals surface area contributed by atoms with Crippen molar-refractivity contribution in [2.45, 2.75) is 206 Å². The predicted molar refractivity (Wildman–Crippen MR) is 210 cm³/mol. The van der Waals surface area contributed by atoms with E-state index in [0.29, 0.717) is 6.04 Å². The Labute approximate surface area is 290 Å². The Morgan fingerprint density at radius 3 is 1.20 bits per heavy atom. The molecule has 0 amide bonds. The molecule has 1 nitrogen and oxygen atoms in total. The van der Waals surface area contributed by atoms with Gasteiger partial charge in [-0.15, -0.1) is 0 Å². The zero-order valence-corrected chi connectivity index (χ0v) is 31.9. The van der Waals surface area contributed by atoms with Crippen LogP contribution in [0.3, 0.4) is 0 Å². The molecule has 0 N–H and O–H groups in total. The molecule has 46 heavy (non-hydrogen) atoms. The van der Waals surface area contributed by atoms with Crippen LogP contribution in [0.15, 0.2) is 54.6 Å². The fourth-order valence-electron chi connectivity index (χ4n) is 7.10. The molecule has 0 saturated carbocycles. The summed E-state index contributed by atoms with van der Waals surface area (Å²) >= 11 is 0. The fraction of sp³-hybridized carbons (Fsp3) is 0.778. The third kappa shape index (κ3) is 25.7. The predicted octanol–water partition coefficient (Wildman–Crippen LogP) is 15.3.